The summed E-state index contributed by atoms with van der Waals surface area (Å²) in [6, 6.07) is 0. The second-order valence-corrected chi connectivity index (χ2v) is 4.41. The predicted molar refractivity (Wildman–Crippen MR) is 37.0 cm³/mol. The molecule has 4 unspecified atom stereocenters. The van der Waals surface area contributed by atoms with Gasteiger partial charge in [0.1, 0.15) is 0 Å². The average molecular weight is 122 g/mol. The Bertz CT molecular complexity index is 134. The second-order valence-electron chi connectivity index (χ2n) is 4.41. The smallest absolute Gasteiger partial charge is 0.0352 e. The van der Waals surface area contributed by atoms with Crippen LogP contribution in [0.3, 0.4) is 0 Å². The molecule has 9 heavy (non-hydrogen) atoms. The number of fused-ring (bicyclic) bond motifs is 2. The lowest BCUT2D eigenvalue weighted by atomic mass is 10.0. The van der Waals surface area contributed by atoms with Crippen molar-refractivity contribution in [3.8, 4) is 0 Å². The first-order valence-corrected chi connectivity index (χ1v) is 4.36. The molecule has 3 aliphatic carbocycles. The summed E-state index contributed by atoms with van der Waals surface area (Å²) in [5, 5.41) is 0. The van der Waals surface area contributed by atoms with Gasteiger partial charge in [-0.25, -0.2) is 0 Å². The van der Waals surface area contributed by atoms with Crippen LogP contribution in [0.15, 0.2) is 0 Å². The van der Waals surface area contributed by atoms with Gasteiger partial charge in [-0.2, -0.15) is 0 Å². The van der Waals surface area contributed by atoms with Gasteiger partial charge in [0, 0.05) is 0 Å². The number of hydrogen-bond donors (Lipinski definition) is 0. The zero-order valence-corrected chi connectivity index (χ0v) is 6.01. The van der Waals surface area contributed by atoms with Crippen LogP contribution in [0.25, 0.3) is 0 Å². The molecule has 3 rings (SSSR count). The van der Waals surface area contributed by atoms with E-state index in [2.05, 4.69) is 6.92 Å². The van der Waals surface area contributed by atoms with Crippen LogP contribution in [0.5, 0.6) is 0 Å². The fourth-order valence-electron chi connectivity index (χ4n) is 3.00. The minimum Gasteiger partial charge on any atom is -0.0620 e. The minimum atomic E-state index is 1.12. The lowest BCUT2D eigenvalue weighted by Gasteiger charge is -2.04. The van der Waals surface area contributed by atoms with E-state index in [1.165, 1.54) is 23.7 Å². The zero-order valence-electron chi connectivity index (χ0n) is 6.01. The van der Waals surface area contributed by atoms with E-state index in [9.17, 15) is 0 Å². The molecule has 3 fully saturated rings. The van der Waals surface area contributed by atoms with Crippen LogP contribution < -0.4 is 0 Å². The van der Waals surface area contributed by atoms with E-state index in [4.69, 9.17) is 0 Å². The van der Waals surface area contributed by atoms with Gasteiger partial charge in [-0.05, 0) is 48.9 Å². The van der Waals surface area contributed by atoms with E-state index in [-0.39, 0.29) is 0 Å². The Kier molecular flexibility index (Phi) is 0.640. The van der Waals surface area contributed by atoms with Crippen molar-refractivity contribution in [3.05, 3.63) is 0 Å². The third kappa shape index (κ3) is 0.500. The Labute approximate surface area is 56.6 Å². The molecule has 0 heterocycles. The van der Waals surface area contributed by atoms with Crippen molar-refractivity contribution in [1.82, 2.24) is 0 Å². The van der Waals surface area contributed by atoms with Crippen LogP contribution in [0.2, 0.25) is 0 Å². The Balaban J connectivity index is 1.81. The molecule has 0 aliphatic heterocycles. The monoisotopic (exact) mass is 122 g/mol. The Morgan fingerprint density at radius 1 is 0.889 bits per heavy atom. The summed E-state index contributed by atoms with van der Waals surface area (Å²) in [7, 11) is 0. The highest BCUT2D eigenvalue weighted by molar-refractivity contribution is 5.06. The molecule has 0 N–H and O–H groups in total. The summed E-state index contributed by atoms with van der Waals surface area (Å²) in [4.78, 5) is 0. The van der Waals surface area contributed by atoms with Crippen LogP contribution in [0.1, 0.15) is 26.2 Å². The van der Waals surface area contributed by atoms with Crippen molar-refractivity contribution in [2.45, 2.75) is 26.2 Å². The Hall–Kier alpha value is 0. The van der Waals surface area contributed by atoms with Crippen LogP contribution >= 0.6 is 0 Å². The van der Waals surface area contributed by atoms with Crippen LogP contribution in [-0.4, -0.2) is 0 Å². The summed E-state index contributed by atoms with van der Waals surface area (Å²) >= 11 is 0. The maximum Gasteiger partial charge on any atom is -0.0352 e. The van der Waals surface area contributed by atoms with E-state index in [0.717, 1.165) is 5.92 Å². The topological polar surface area (TPSA) is 0 Å². The molecule has 0 bridgehead atoms. The third-order valence-corrected chi connectivity index (χ3v) is 3.98. The molecule has 0 amide bonds. The van der Waals surface area contributed by atoms with Crippen LogP contribution in [0, 0.1) is 29.6 Å². The van der Waals surface area contributed by atoms with Gasteiger partial charge in [0.25, 0.3) is 0 Å². The van der Waals surface area contributed by atoms with Crippen molar-refractivity contribution in [3.63, 3.8) is 0 Å². The lowest BCUT2D eigenvalue weighted by Crippen LogP contribution is -1.95. The van der Waals surface area contributed by atoms with Crippen LogP contribution in [0.4, 0.5) is 0 Å². The molecular weight excluding hydrogens is 108 g/mol. The number of rotatable bonds is 0. The largest absolute Gasteiger partial charge is 0.0620 e. The molecule has 0 aromatic rings. The average Bonchev–Trinajstić information content (AvgIpc) is 2.69. The first-order chi connectivity index (χ1) is 4.36. The van der Waals surface area contributed by atoms with Gasteiger partial charge in [-0.3, -0.25) is 0 Å². The van der Waals surface area contributed by atoms with Gasteiger partial charge in [-0.15, -0.1) is 0 Å². The van der Waals surface area contributed by atoms with Gasteiger partial charge in [0.05, 0.1) is 0 Å². The SMILES string of the molecule is CC1C2CC3CC3CC12. The normalized spacial score (nSPS) is 68.3. The summed E-state index contributed by atoms with van der Waals surface area (Å²) < 4.78 is 0. The minimum absolute atomic E-state index is 1.12. The maximum absolute atomic E-state index is 2.44. The predicted octanol–water partition coefficient (Wildman–Crippen LogP) is 2.30. The number of hydrogen-bond acceptors (Lipinski definition) is 0. The highest BCUT2D eigenvalue weighted by Gasteiger charge is 2.57. The Morgan fingerprint density at radius 2 is 1.44 bits per heavy atom. The molecule has 0 spiro atoms. The van der Waals surface area contributed by atoms with Crippen molar-refractivity contribution in [1.29, 1.82) is 0 Å². The first-order valence-electron chi connectivity index (χ1n) is 4.36. The van der Waals surface area contributed by atoms with Crippen molar-refractivity contribution in [2.24, 2.45) is 29.6 Å². The van der Waals surface area contributed by atoms with E-state index in [1.54, 1.807) is 19.3 Å². The Morgan fingerprint density at radius 3 is 2.00 bits per heavy atom. The summed E-state index contributed by atoms with van der Waals surface area (Å²) in [6.07, 6.45) is 4.81. The van der Waals surface area contributed by atoms with Gasteiger partial charge >= 0.3 is 0 Å². The summed E-state index contributed by atoms with van der Waals surface area (Å²) in [6.45, 7) is 2.44. The van der Waals surface area contributed by atoms with E-state index in [0.29, 0.717) is 0 Å². The molecule has 0 aromatic heterocycles. The molecule has 0 saturated heterocycles. The zero-order chi connectivity index (χ0) is 6.01. The molecular formula is C9H14. The molecule has 0 aromatic carbocycles. The van der Waals surface area contributed by atoms with Crippen molar-refractivity contribution in [2.75, 3.05) is 0 Å². The van der Waals surface area contributed by atoms with E-state index < -0.39 is 0 Å². The highest BCUT2D eigenvalue weighted by atomic mass is 14.6. The van der Waals surface area contributed by atoms with Crippen molar-refractivity contribution < 1.29 is 0 Å². The molecule has 0 radical (unpaired) electrons. The molecule has 3 aliphatic rings. The maximum atomic E-state index is 2.44. The fraction of sp³-hybridized carbons (Fsp3) is 1.00. The lowest BCUT2D eigenvalue weighted by molar-refractivity contribution is 0.457. The molecule has 4 atom stereocenters. The second kappa shape index (κ2) is 1.21. The quantitative estimate of drug-likeness (QED) is 0.462. The fourth-order valence-corrected chi connectivity index (χ4v) is 3.00. The molecule has 0 heteroatoms. The van der Waals surface area contributed by atoms with E-state index in [1.807, 2.05) is 0 Å². The summed E-state index contributed by atoms with van der Waals surface area (Å²) in [5.74, 6) is 5.91. The van der Waals surface area contributed by atoms with Gasteiger partial charge in [0.15, 0.2) is 0 Å². The van der Waals surface area contributed by atoms with Gasteiger partial charge in [0.2, 0.25) is 0 Å². The van der Waals surface area contributed by atoms with Crippen molar-refractivity contribution >= 4 is 0 Å². The van der Waals surface area contributed by atoms with Gasteiger partial charge < -0.3 is 0 Å². The molecule has 3 saturated carbocycles. The molecule has 0 nitrogen and oxygen atoms in total. The highest BCUT2D eigenvalue weighted by Crippen LogP contribution is 2.65. The van der Waals surface area contributed by atoms with Gasteiger partial charge in [-0.1, -0.05) is 6.92 Å². The summed E-state index contributed by atoms with van der Waals surface area (Å²) in [5.41, 5.74) is 0. The first kappa shape index (κ1) is 4.76. The molecule has 50 valence electrons. The van der Waals surface area contributed by atoms with Crippen LogP contribution in [-0.2, 0) is 0 Å². The van der Waals surface area contributed by atoms with E-state index >= 15 is 0 Å². The third-order valence-electron chi connectivity index (χ3n) is 3.98. The standard InChI is InChI=1S/C9H14/c1-5-8-3-6-2-7(6)4-9(5)8/h5-9H,2-4H2,1H3.